The molecule has 0 spiro atoms. The minimum atomic E-state index is -1.31. The monoisotopic (exact) mass is 516 g/mol. The highest BCUT2D eigenvalue weighted by Crippen LogP contribution is 2.55. The van der Waals surface area contributed by atoms with Crippen LogP contribution < -0.4 is 11.0 Å². The molecule has 2 aliphatic rings. The van der Waals surface area contributed by atoms with Crippen molar-refractivity contribution in [2.24, 2.45) is 0 Å². The summed E-state index contributed by atoms with van der Waals surface area (Å²) in [6.07, 6.45) is -0.216. The Labute approximate surface area is 210 Å². The molecule has 1 unspecified atom stereocenters. The number of aromatic nitrogens is 2. The Morgan fingerprint density at radius 1 is 1.33 bits per heavy atom. The second-order valence-electron chi connectivity index (χ2n) is 8.37. The van der Waals surface area contributed by atoms with Crippen molar-refractivity contribution in [2.45, 2.75) is 43.5 Å². The van der Waals surface area contributed by atoms with Crippen LogP contribution in [-0.4, -0.2) is 72.9 Å². The van der Waals surface area contributed by atoms with Crippen molar-refractivity contribution in [1.29, 1.82) is 0 Å². The first kappa shape index (κ1) is 26.4. The van der Waals surface area contributed by atoms with Gasteiger partial charge in [-0.1, -0.05) is 25.1 Å². The van der Waals surface area contributed by atoms with E-state index in [2.05, 4.69) is 15.1 Å². The molecule has 2 bridgehead atoms. The highest BCUT2D eigenvalue weighted by atomic mass is 31.2. The van der Waals surface area contributed by atoms with Crippen LogP contribution >= 0.6 is 8.38 Å². The van der Waals surface area contributed by atoms with Crippen LogP contribution in [0, 0.1) is 6.57 Å². The molecule has 1 aromatic heterocycles. The molecule has 11 nitrogen and oxygen atoms in total. The van der Waals surface area contributed by atoms with Crippen LogP contribution in [0.3, 0.4) is 0 Å². The van der Waals surface area contributed by atoms with E-state index in [1.54, 1.807) is 37.4 Å². The maximum atomic E-state index is 13.0. The summed E-state index contributed by atoms with van der Waals surface area (Å²) < 4.78 is 31.4. The zero-order chi connectivity index (χ0) is 25.7. The van der Waals surface area contributed by atoms with E-state index in [-0.39, 0.29) is 24.9 Å². The minimum Gasteiger partial charge on any atom is -0.382 e. The molecule has 2 saturated heterocycles. The van der Waals surface area contributed by atoms with Gasteiger partial charge < -0.3 is 33.4 Å². The number of ether oxygens (including phenoxy) is 3. The van der Waals surface area contributed by atoms with E-state index in [4.69, 9.17) is 29.8 Å². The quantitative estimate of drug-likeness (QED) is 0.276. The summed E-state index contributed by atoms with van der Waals surface area (Å²) >= 11 is 0. The molecule has 1 amide bonds. The van der Waals surface area contributed by atoms with Gasteiger partial charge in [0, 0.05) is 25.5 Å². The van der Waals surface area contributed by atoms with E-state index in [1.807, 2.05) is 19.7 Å². The van der Waals surface area contributed by atoms with Gasteiger partial charge in [-0.15, -0.1) is 0 Å². The number of nitrogens with zero attached hydrogens (tertiary/aromatic N) is 3. The molecular weight excluding hydrogens is 487 g/mol. The fourth-order valence-electron chi connectivity index (χ4n) is 4.56. The molecule has 0 radical (unpaired) electrons. The van der Waals surface area contributed by atoms with E-state index in [1.165, 1.54) is 10.8 Å². The van der Waals surface area contributed by atoms with Gasteiger partial charge in [0.1, 0.15) is 36.3 Å². The molecule has 0 aliphatic carbocycles. The van der Waals surface area contributed by atoms with Crippen molar-refractivity contribution in [2.75, 3.05) is 38.8 Å². The van der Waals surface area contributed by atoms with Gasteiger partial charge >= 0.3 is 5.69 Å². The number of anilines is 1. The fourth-order valence-corrected chi connectivity index (χ4v) is 5.57. The second kappa shape index (κ2) is 11.6. The van der Waals surface area contributed by atoms with E-state index < -0.39 is 44.2 Å². The number of carbonyl (C=O) groups is 1. The van der Waals surface area contributed by atoms with Crippen LogP contribution in [0.5, 0.6) is 0 Å². The average molecular weight is 516 g/mol. The van der Waals surface area contributed by atoms with Gasteiger partial charge in [0.25, 0.3) is 5.91 Å². The number of methoxy groups -OCH3 is 1. The smallest absolute Gasteiger partial charge is 0.351 e. The SMILES string of the molecule is [C-]#[N+]CCOP(C)O[C@H]1[C@H]2O[C@@H](COC)[C@]1(CC)O[C@H]2n1ccc(NC(=O)c2ccccc2)nc1=O. The van der Waals surface area contributed by atoms with Crippen LogP contribution in [0.4, 0.5) is 5.82 Å². The third-order valence-corrected chi connectivity index (χ3v) is 7.33. The molecule has 1 N–H and O–H groups in total. The summed E-state index contributed by atoms with van der Waals surface area (Å²) in [7, 11) is 0.277. The molecule has 6 atom stereocenters. The van der Waals surface area contributed by atoms with Gasteiger partial charge in [-0.3, -0.25) is 9.36 Å². The van der Waals surface area contributed by atoms with Crippen LogP contribution in [-0.2, 0) is 23.3 Å². The zero-order valence-corrected chi connectivity index (χ0v) is 21.2. The highest BCUT2D eigenvalue weighted by molar-refractivity contribution is 7.46. The lowest BCUT2D eigenvalue weighted by molar-refractivity contribution is -0.223. The first-order valence-corrected chi connectivity index (χ1v) is 13.2. The van der Waals surface area contributed by atoms with Crippen molar-refractivity contribution in [3.05, 3.63) is 70.1 Å². The van der Waals surface area contributed by atoms with E-state index in [9.17, 15) is 9.59 Å². The summed E-state index contributed by atoms with van der Waals surface area (Å²) in [6.45, 7) is 11.5. The Balaban J connectivity index is 1.54. The first-order chi connectivity index (χ1) is 17.4. The molecule has 2 aliphatic heterocycles. The Morgan fingerprint density at radius 3 is 2.78 bits per heavy atom. The lowest BCUT2D eigenvalue weighted by atomic mass is 9.90. The van der Waals surface area contributed by atoms with Gasteiger partial charge in [0.05, 0.1) is 6.61 Å². The number of nitrogens with one attached hydrogen (secondary N) is 1. The second-order valence-corrected chi connectivity index (χ2v) is 9.71. The Kier molecular flexibility index (Phi) is 8.46. The van der Waals surface area contributed by atoms with Gasteiger partial charge in [-0.2, -0.15) is 4.98 Å². The third kappa shape index (κ3) is 5.20. The number of carbonyl (C=O) groups excluding carboxylic acids is 1. The summed E-state index contributed by atoms with van der Waals surface area (Å²) in [6, 6.07) is 10.2. The maximum absolute atomic E-state index is 13.0. The summed E-state index contributed by atoms with van der Waals surface area (Å²) in [5.74, 6) is -0.232. The van der Waals surface area contributed by atoms with E-state index >= 15 is 0 Å². The zero-order valence-electron chi connectivity index (χ0n) is 20.3. The van der Waals surface area contributed by atoms with E-state index in [0.29, 0.717) is 18.6 Å². The van der Waals surface area contributed by atoms with Crippen molar-refractivity contribution in [1.82, 2.24) is 9.55 Å². The van der Waals surface area contributed by atoms with E-state index in [0.717, 1.165) is 0 Å². The van der Waals surface area contributed by atoms with Crippen LogP contribution in [0.1, 0.15) is 29.9 Å². The topological polar surface area (TPSA) is 114 Å². The lowest BCUT2D eigenvalue weighted by Gasteiger charge is -2.37. The molecule has 3 heterocycles. The fraction of sp³-hybridized carbons (Fsp3) is 0.500. The summed E-state index contributed by atoms with van der Waals surface area (Å²) in [5.41, 5.74) is -0.996. The Hall–Kier alpha value is -2.71. The molecular formula is C24H29N4O7P. The van der Waals surface area contributed by atoms with Gasteiger partial charge in [0.15, 0.2) is 14.6 Å². The normalized spacial score (nSPS) is 27.5. The number of fused-ring (bicyclic) bond motifs is 2. The van der Waals surface area contributed by atoms with Gasteiger partial charge in [-0.25, -0.2) is 11.4 Å². The molecule has 36 heavy (non-hydrogen) atoms. The molecule has 1 aromatic carbocycles. The van der Waals surface area contributed by atoms with Crippen molar-refractivity contribution in [3.63, 3.8) is 0 Å². The number of benzene rings is 1. The van der Waals surface area contributed by atoms with Crippen LogP contribution in [0.25, 0.3) is 4.85 Å². The molecule has 2 fully saturated rings. The third-order valence-electron chi connectivity index (χ3n) is 6.26. The minimum absolute atomic E-state index is 0.134. The van der Waals surface area contributed by atoms with Crippen LogP contribution in [0.15, 0.2) is 47.4 Å². The van der Waals surface area contributed by atoms with Gasteiger partial charge in [0.2, 0.25) is 6.54 Å². The van der Waals surface area contributed by atoms with Crippen molar-refractivity contribution < 1.29 is 28.1 Å². The molecule has 4 rings (SSSR count). The Morgan fingerprint density at radius 2 is 2.11 bits per heavy atom. The molecule has 192 valence electrons. The average Bonchev–Trinajstić information content (AvgIpc) is 3.33. The summed E-state index contributed by atoms with van der Waals surface area (Å²) in [5, 5.41) is 2.64. The molecule has 2 aromatic rings. The standard InChI is InChI=1S/C24H29N4O7P/c1-5-24-17(15-31-3)33-19(20(24)35-36(4)32-14-12-25-2)22(34-24)28-13-11-18(27-23(28)30)26-21(29)16-9-7-6-8-10-16/h6-11,13,17,19-20,22H,5,12,14-15H2,1,3-4H3,(H,26,27,29,30)/t17-,19+,20-,22+,24-,36?/m0/s1. The molecule has 12 heteroatoms. The molecule has 0 saturated carbocycles. The van der Waals surface area contributed by atoms with Gasteiger partial charge in [-0.05, 0) is 24.6 Å². The highest BCUT2D eigenvalue weighted by Gasteiger charge is 2.67. The van der Waals surface area contributed by atoms with Crippen molar-refractivity contribution >= 4 is 20.1 Å². The summed E-state index contributed by atoms with van der Waals surface area (Å²) in [4.78, 5) is 32.7. The number of hydrogen-bond acceptors (Lipinski definition) is 8. The number of rotatable bonds is 11. The predicted octanol–water partition coefficient (Wildman–Crippen LogP) is 2.85. The Bertz CT molecular complexity index is 1160. The first-order valence-electron chi connectivity index (χ1n) is 11.6. The maximum Gasteiger partial charge on any atom is 0.351 e. The van der Waals surface area contributed by atoms with Crippen molar-refractivity contribution in [3.8, 4) is 0 Å². The number of amides is 1. The largest absolute Gasteiger partial charge is 0.382 e. The predicted molar refractivity (Wildman–Crippen MR) is 132 cm³/mol. The lowest BCUT2D eigenvalue weighted by Crippen LogP contribution is -2.50. The van der Waals surface area contributed by atoms with Crippen LogP contribution in [0.2, 0.25) is 0 Å². The number of hydrogen-bond donors (Lipinski definition) is 1.